The van der Waals surface area contributed by atoms with E-state index in [1.54, 1.807) is 12.1 Å². The zero-order valence-corrected chi connectivity index (χ0v) is 12.2. The molecule has 18 heavy (non-hydrogen) atoms. The molecule has 1 rings (SSSR count). The van der Waals surface area contributed by atoms with Crippen molar-refractivity contribution in [2.45, 2.75) is 45.1 Å². The monoisotopic (exact) mass is 270 g/mol. The van der Waals surface area contributed by atoms with Gasteiger partial charge in [0.1, 0.15) is 0 Å². The number of anilines is 1. The van der Waals surface area contributed by atoms with E-state index in [0.717, 1.165) is 12.0 Å². The highest BCUT2D eigenvalue weighted by molar-refractivity contribution is 7.89. The predicted octanol–water partition coefficient (Wildman–Crippen LogP) is 2.29. The van der Waals surface area contributed by atoms with Crippen LogP contribution in [0, 0.1) is 12.8 Å². The normalized spacial score (nSPS) is 15.3. The van der Waals surface area contributed by atoms with Gasteiger partial charge in [-0.3, -0.25) is 0 Å². The lowest BCUT2D eigenvalue weighted by Gasteiger charge is -2.20. The summed E-state index contributed by atoms with van der Waals surface area (Å²) in [6.07, 6.45) is 0.930. The number of hydrogen-bond acceptors (Lipinski definition) is 3. The number of aryl methyl sites for hydroxylation is 1. The minimum absolute atomic E-state index is 0.0956. The van der Waals surface area contributed by atoms with Crippen LogP contribution in [0.5, 0.6) is 0 Å². The number of hydrogen-bond donors (Lipinski definition) is 2. The van der Waals surface area contributed by atoms with E-state index < -0.39 is 10.0 Å². The standard InChI is InChI=1S/C13H22N2O2S/c1-5-10(3)11(4)15-18(16,17)13-7-9(2)6-12(14)8-13/h6-8,10-11,15H,5,14H2,1-4H3. The first-order chi connectivity index (χ1) is 8.26. The van der Waals surface area contributed by atoms with Crippen LogP contribution in [-0.2, 0) is 10.0 Å². The highest BCUT2D eigenvalue weighted by Crippen LogP contribution is 2.18. The van der Waals surface area contributed by atoms with Gasteiger partial charge in [-0.05, 0) is 43.5 Å². The van der Waals surface area contributed by atoms with E-state index in [9.17, 15) is 8.42 Å². The Balaban J connectivity index is 2.99. The highest BCUT2D eigenvalue weighted by Gasteiger charge is 2.20. The van der Waals surface area contributed by atoms with Gasteiger partial charge in [0.15, 0.2) is 0 Å². The molecule has 0 radical (unpaired) electrons. The first kappa shape index (κ1) is 15.0. The molecule has 0 amide bonds. The molecule has 4 nitrogen and oxygen atoms in total. The fourth-order valence-corrected chi connectivity index (χ4v) is 3.20. The van der Waals surface area contributed by atoms with Gasteiger partial charge in [-0.15, -0.1) is 0 Å². The summed E-state index contributed by atoms with van der Waals surface area (Å²) < 4.78 is 27.1. The van der Waals surface area contributed by atoms with Gasteiger partial charge in [0.2, 0.25) is 10.0 Å². The maximum absolute atomic E-state index is 12.2. The number of rotatable bonds is 5. The summed E-state index contributed by atoms with van der Waals surface area (Å²) in [6, 6.07) is 4.76. The molecule has 5 heteroatoms. The van der Waals surface area contributed by atoms with Gasteiger partial charge in [0.25, 0.3) is 0 Å². The van der Waals surface area contributed by atoms with E-state index >= 15 is 0 Å². The number of nitrogens with two attached hydrogens (primary N) is 1. The second-order valence-corrected chi connectivity index (χ2v) is 6.59. The number of nitrogens with one attached hydrogen (secondary N) is 1. The maximum Gasteiger partial charge on any atom is 0.240 e. The number of sulfonamides is 1. The molecule has 0 saturated heterocycles. The first-order valence-corrected chi connectivity index (χ1v) is 7.64. The van der Waals surface area contributed by atoms with E-state index in [0.29, 0.717) is 11.6 Å². The Morgan fingerprint density at radius 3 is 2.39 bits per heavy atom. The third-order valence-corrected chi connectivity index (χ3v) is 4.76. The van der Waals surface area contributed by atoms with E-state index in [1.807, 2.05) is 27.7 Å². The number of nitrogen functional groups attached to an aromatic ring is 1. The van der Waals surface area contributed by atoms with E-state index in [1.165, 1.54) is 6.07 Å². The van der Waals surface area contributed by atoms with Crippen LogP contribution in [0.2, 0.25) is 0 Å². The summed E-state index contributed by atoms with van der Waals surface area (Å²) in [4.78, 5) is 0.232. The van der Waals surface area contributed by atoms with Crippen LogP contribution in [0.3, 0.4) is 0 Å². The number of benzene rings is 1. The van der Waals surface area contributed by atoms with E-state index in [4.69, 9.17) is 5.73 Å². The van der Waals surface area contributed by atoms with Crippen LogP contribution in [0.25, 0.3) is 0 Å². The zero-order valence-electron chi connectivity index (χ0n) is 11.4. The molecule has 0 aliphatic carbocycles. The lowest BCUT2D eigenvalue weighted by molar-refractivity contribution is 0.434. The minimum Gasteiger partial charge on any atom is -0.399 e. The Morgan fingerprint density at radius 2 is 1.89 bits per heavy atom. The van der Waals surface area contributed by atoms with Crippen molar-refractivity contribution in [2.24, 2.45) is 5.92 Å². The third kappa shape index (κ3) is 3.71. The summed E-state index contributed by atoms with van der Waals surface area (Å²) in [7, 11) is -3.49. The van der Waals surface area contributed by atoms with Crippen molar-refractivity contribution >= 4 is 15.7 Å². The Labute approximate surface area is 110 Å². The van der Waals surface area contributed by atoms with Gasteiger partial charge in [-0.2, -0.15) is 0 Å². The molecule has 0 heterocycles. The molecule has 0 saturated carbocycles. The zero-order chi connectivity index (χ0) is 13.9. The van der Waals surface area contributed by atoms with Gasteiger partial charge in [-0.25, -0.2) is 13.1 Å². The van der Waals surface area contributed by atoms with E-state index in [2.05, 4.69) is 4.72 Å². The smallest absolute Gasteiger partial charge is 0.240 e. The van der Waals surface area contributed by atoms with Gasteiger partial charge in [0.05, 0.1) is 4.90 Å². The Morgan fingerprint density at radius 1 is 1.28 bits per heavy atom. The fourth-order valence-electron chi connectivity index (χ4n) is 1.71. The molecule has 0 aliphatic rings. The van der Waals surface area contributed by atoms with Gasteiger partial charge < -0.3 is 5.73 Å². The largest absolute Gasteiger partial charge is 0.399 e. The molecule has 3 N–H and O–H groups in total. The summed E-state index contributed by atoms with van der Waals surface area (Å²) in [5.74, 6) is 0.293. The van der Waals surface area contributed by atoms with Crippen molar-refractivity contribution in [3.8, 4) is 0 Å². The highest BCUT2D eigenvalue weighted by atomic mass is 32.2. The molecule has 1 aromatic carbocycles. The lowest BCUT2D eigenvalue weighted by atomic mass is 10.0. The van der Waals surface area contributed by atoms with Gasteiger partial charge >= 0.3 is 0 Å². The van der Waals surface area contributed by atoms with Crippen LogP contribution >= 0.6 is 0 Å². The summed E-state index contributed by atoms with van der Waals surface area (Å²) >= 11 is 0. The first-order valence-electron chi connectivity index (χ1n) is 6.15. The molecule has 102 valence electrons. The van der Waals surface area contributed by atoms with Crippen LogP contribution in [-0.4, -0.2) is 14.5 Å². The molecule has 0 spiro atoms. The molecule has 0 fully saturated rings. The molecular formula is C13H22N2O2S. The van der Waals surface area contributed by atoms with Crippen LogP contribution < -0.4 is 10.5 Å². The third-order valence-electron chi connectivity index (χ3n) is 3.22. The van der Waals surface area contributed by atoms with Crippen molar-refractivity contribution in [1.29, 1.82) is 0 Å². The Hall–Kier alpha value is -1.07. The average molecular weight is 270 g/mol. The summed E-state index contributed by atoms with van der Waals surface area (Å²) in [6.45, 7) is 7.77. The minimum atomic E-state index is -3.49. The second kappa shape index (κ2) is 5.71. The Kier molecular flexibility index (Phi) is 4.76. The van der Waals surface area contributed by atoms with Crippen LogP contribution in [0.4, 0.5) is 5.69 Å². The van der Waals surface area contributed by atoms with Crippen molar-refractivity contribution in [3.05, 3.63) is 23.8 Å². The molecule has 0 aliphatic heterocycles. The second-order valence-electron chi connectivity index (χ2n) is 4.87. The predicted molar refractivity (Wildman–Crippen MR) is 74.8 cm³/mol. The van der Waals surface area contributed by atoms with Crippen molar-refractivity contribution in [1.82, 2.24) is 4.72 Å². The van der Waals surface area contributed by atoms with E-state index in [-0.39, 0.29) is 10.9 Å². The molecular weight excluding hydrogens is 248 g/mol. The van der Waals surface area contributed by atoms with Gasteiger partial charge in [0, 0.05) is 11.7 Å². The Bertz CT molecular complexity index is 491. The topological polar surface area (TPSA) is 72.2 Å². The molecule has 2 unspecified atom stereocenters. The SMILES string of the molecule is CCC(C)C(C)NS(=O)(=O)c1cc(C)cc(N)c1. The average Bonchev–Trinajstić information content (AvgIpc) is 2.26. The van der Waals surface area contributed by atoms with Crippen LogP contribution in [0.1, 0.15) is 32.8 Å². The maximum atomic E-state index is 12.2. The molecule has 0 aromatic heterocycles. The molecule has 0 bridgehead atoms. The van der Waals surface area contributed by atoms with Gasteiger partial charge in [-0.1, -0.05) is 20.3 Å². The van der Waals surface area contributed by atoms with Crippen molar-refractivity contribution in [3.63, 3.8) is 0 Å². The lowest BCUT2D eigenvalue weighted by Crippen LogP contribution is -2.36. The molecule has 1 aromatic rings. The molecule has 2 atom stereocenters. The van der Waals surface area contributed by atoms with Crippen LogP contribution in [0.15, 0.2) is 23.1 Å². The fraction of sp³-hybridized carbons (Fsp3) is 0.538. The quantitative estimate of drug-likeness (QED) is 0.806. The summed E-state index contributed by atoms with van der Waals surface area (Å²) in [5.41, 5.74) is 6.98. The van der Waals surface area contributed by atoms with Crippen molar-refractivity contribution in [2.75, 3.05) is 5.73 Å². The van der Waals surface area contributed by atoms with Crippen molar-refractivity contribution < 1.29 is 8.42 Å². The summed E-state index contributed by atoms with van der Waals surface area (Å²) in [5, 5.41) is 0.